The fourth-order valence-electron chi connectivity index (χ4n) is 0.920. The van der Waals surface area contributed by atoms with E-state index in [4.69, 9.17) is 10.9 Å². The molecule has 0 aromatic rings. The number of rotatable bonds is 7. The lowest BCUT2D eigenvalue weighted by Crippen LogP contribution is -2.43. The van der Waals surface area contributed by atoms with Gasteiger partial charge in [-0.1, -0.05) is 0 Å². The molecule has 0 heterocycles. The molecule has 0 saturated carbocycles. The number of sulfonamides is 1. The van der Waals surface area contributed by atoms with Gasteiger partial charge >= 0.3 is 0 Å². The average Bonchev–Trinajstić information content (AvgIpc) is 2.10. The summed E-state index contributed by atoms with van der Waals surface area (Å²) in [5, 5.41) is 6.98. The Labute approximate surface area is 101 Å². The Hall–Kier alpha value is -0.710. The fourth-order valence-corrected chi connectivity index (χ4v) is 1.99. The van der Waals surface area contributed by atoms with Gasteiger partial charge in [0, 0.05) is 12.8 Å². The van der Waals surface area contributed by atoms with Gasteiger partial charge in [-0.2, -0.15) is 0 Å². The molecule has 0 aromatic heterocycles. The Morgan fingerprint density at radius 3 is 2.18 bits per heavy atom. The quantitative estimate of drug-likeness (QED) is 0.459. The summed E-state index contributed by atoms with van der Waals surface area (Å²) < 4.78 is 42.8. The number of primary sulfonamides is 1. The first kappa shape index (κ1) is 16.3. The number of carbonyl (C=O) groups excluding carboxylic acids is 1. The number of nitrogens with two attached hydrogens (primary N) is 2. The number of hydrogen-bond donors (Lipinski definition) is 3. The minimum Gasteiger partial charge on any atom is -0.354 e. The molecule has 0 radical (unpaired) electrons. The number of hydrogen-bond acceptors (Lipinski definition) is 6. The minimum atomic E-state index is -3.63. The summed E-state index contributed by atoms with van der Waals surface area (Å²) in [5.74, 6) is -1.19. The maximum atomic E-state index is 11.3. The number of carbonyl (C=O) groups is 1. The zero-order valence-electron chi connectivity index (χ0n) is 9.42. The van der Waals surface area contributed by atoms with Crippen molar-refractivity contribution < 1.29 is 21.6 Å². The Morgan fingerprint density at radius 1 is 1.24 bits per heavy atom. The van der Waals surface area contributed by atoms with Crippen LogP contribution in [-0.2, 0) is 24.7 Å². The number of nitrogens with one attached hydrogen (secondary N) is 1. The molecule has 5 N–H and O–H groups in total. The number of sulfone groups is 1. The fraction of sp³-hybridized carbons (Fsp3) is 0.857. The van der Waals surface area contributed by atoms with Crippen molar-refractivity contribution in [2.45, 2.75) is 12.5 Å². The predicted molar refractivity (Wildman–Crippen MR) is 63.3 cm³/mol. The van der Waals surface area contributed by atoms with Crippen LogP contribution in [0.1, 0.15) is 6.42 Å². The van der Waals surface area contributed by atoms with Gasteiger partial charge in [-0.15, -0.1) is 0 Å². The van der Waals surface area contributed by atoms with Crippen LogP contribution in [0.3, 0.4) is 0 Å². The second-order valence-electron chi connectivity index (χ2n) is 3.68. The summed E-state index contributed by atoms with van der Waals surface area (Å²) in [6.07, 6.45) is 1.03. The van der Waals surface area contributed by atoms with E-state index in [-0.39, 0.29) is 18.7 Å². The smallest absolute Gasteiger partial charge is 0.236 e. The monoisotopic (exact) mass is 287 g/mol. The third-order valence-corrected chi connectivity index (χ3v) is 3.57. The highest BCUT2D eigenvalue weighted by atomic mass is 32.2. The van der Waals surface area contributed by atoms with Crippen LogP contribution in [0.15, 0.2) is 0 Å². The first-order valence-electron chi connectivity index (χ1n) is 4.73. The molecule has 1 unspecified atom stereocenters. The summed E-state index contributed by atoms with van der Waals surface area (Å²) in [4.78, 5) is 11.3. The van der Waals surface area contributed by atoms with Gasteiger partial charge in [-0.05, 0) is 6.42 Å². The molecular weight excluding hydrogens is 270 g/mol. The minimum absolute atomic E-state index is 0.0138. The van der Waals surface area contributed by atoms with E-state index >= 15 is 0 Å². The lowest BCUT2D eigenvalue weighted by Gasteiger charge is -2.11. The van der Waals surface area contributed by atoms with E-state index in [0.29, 0.717) is 0 Å². The van der Waals surface area contributed by atoms with Crippen molar-refractivity contribution in [3.63, 3.8) is 0 Å². The number of amides is 1. The summed E-state index contributed by atoms with van der Waals surface area (Å²) in [7, 11) is -6.80. The first-order chi connectivity index (χ1) is 7.51. The van der Waals surface area contributed by atoms with Crippen LogP contribution in [0.4, 0.5) is 0 Å². The SMILES string of the molecule is CS(=O)(=O)CCC(N)C(=O)NCCS(N)(=O)=O. The van der Waals surface area contributed by atoms with E-state index in [1.807, 2.05) is 0 Å². The molecule has 0 aliphatic heterocycles. The maximum Gasteiger partial charge on any atom is 0.236 e. The largest absolute Gasteiger partial charge is 0.354 e. The molecule has 8 nitrogen and oxygen atoms in total. The van der Waals surface area contributed by atoms with Gasteiger partial charge in [0.15, 0.2) is 0 Å². The van der Waals surface area contributed by atoms with Crippen molar-refractivity contribution in [3.05, 3.63) is 0 Å². The van der Waals surface area contributed by atoms with Gasteiger partial charge in [0.2, 0.25) is 15.9 Å². The zero-order valence-corrected chi connectivity index (χ0v) is 11.1. The molecule has 0 saturated heterocycles. The van der Waals surface area contributed by atoms with Crippen LogP contribution in [0.25, 0.3) is 0 Å². The highest BCUT2D eigenvalue weighted by molar-refractivity contribution is 7.90. The maximum absolute atomic E-state index is 11.3. The molecule has 0 aliphatic carbocycles. The van der Waals surface area contributed by atoms with Crippen molar-refractivity contribution >= 4 is 25.8 Å². The second-order valence-corrected chi connectivity index (χ2v) is 7.68. The van der Waals surface area contributed by atoms with E-state index in [9.17, 15) is 21.6 Å². The lowest BCUT2D eigenvalue weighted by molar-refractivity contribution is -0.122. The van der Waals surface area contributed by atoms with Crippen molar-refractivity contribution in [3.8, 4) is 0 Å². The third-order valence-electron chi connectivity index (χ3n) is 1.82. The van der Waals surface area contributed by atoms with Crippen LogP contribution in [0, 0.1) is 0 Å². The van der Waals surface area contributed by atoms with Crippen LogP contribution in [-0.4, -0.2) is 53.1 Å². The summed E-state index contributed by atoms with van der Waals surface area (Å²) >= 11 is 0. The molecule has 17 heavy (non-hydrogen) atoms. The van der Waals surface area contributed by atoms with Gasteiger partial charge in [-0.25, -0.2) is 22.0 Å². The summed E-state index contributed by atoms with van der Waals surface area (Å²) in [6, 6.07) is -0.981. The van der Waals surface area contributed by atoms with Gasteiger partial charge in [0.1, 0.15) is 9.84 Å². The van der Waals surface area contributed by atoms with E-state index in [0.717, 1.165) is 6.26 Å². The lowest BCUT2D eigenvalue weighted by atomic mass is 10.2. The second kappa shape index (κ2) is 6.28. The van der Waals surface area contributed by atoms with Crippen LogP contribution < -0.4 is 16.2 Å². The highest BCUT2D eigenvalue weighted by Gasteiger charge is 2.16. The topological polar surface area (TPSA) is 149 Å². The molecule has 1 atom stereocenters. The Kier molecular flexibility index (Phi) is 6.02. The molecule has 0 rings (SSSR count). The zero-order chi connectivity index (χ0) is 13.7. The molecule has 0 fully saturated rings. The van der Waals surface area contributed by atoms with Crippen LogP contribution in [0.5, 0.6) is 0 Å². The normalized spacial score (nSPS) is 14.3. The Bertz CT molecular complexity index is 456. The molecule has 0 bridgehead atoms. The van der Waals surface area contributed by atoms with Crippen molar-refractivity contribution in [2.24, 2.45) is 10.9 Å². The van der Waals surface area contributed by atoms with Crippen molar-refractivity contribution in [1.82, 2.24) is 5.32 Å². The van der Waals surface area contributed by atoms with Crippen molar-refractivity contribution in [1.29, 1.82) is 0 Å². The molecule has 1 amide bonds. The summed E-state index contributed by atoms with van der Waals surface area (Å²) in [5.41, 5.74) is 5.42. The molecule has 0 spiro atoms. The van der Waals surface area contributed by atoms with E-state index < -0.39 is 37.6 Å². The van der Waals surface area contributed by atoms with Gasteiger partial charge in [0.05, 0.1) is 17.5 Å². The first-order valence-corrected chi connectivity index (χ1v) is 8.50. The molecule has 102 valence electrons. The predicted octanol–water partition coefficient (Wildman–Crippen LogP) is -2.85. The van der Waals surface area contributed by atoms with Gasteiger partial charge < -0.3 is 11.1 Å². The highest BCUT2D eigenvalue weighted by Crippen LogP contribution is 1.93. The van der Waals surface area contributed by atoms with Crippen molar-refractivity contribution in [2.75, 3.05) is 24.3 Å². The van der Waals surface area contributed by atoms with E-state index in [2.05, 4.69) is 5.32 Å². The van der Waals surface area contributed by atoms with E-state index in [1.165, 1.54) is 0 Å². The Balaban J connectivity index is 3.99. The van der Waals surface area contributed by atoms with Crippen LogP contribution in [0.2, 0.25) is 0 Å². The molecule has 0 aliphatic rings. The third kappa shape index (κ3) is 10.2. The molecule has 10 heteroatoms. The molecule has 0 aromatic carbocycles. The standard InChI is InChI=1S/C7H17N3O5S2/c1-16(12,13)4-2-6(8)7(11)10-3-5-17(9,14)15/h6H,2-5,8H2,1H3,(H,10,11)(H2,9,14,15). The average molecular weight is 287 g/mol. The van der Waals surface area contributed by atoms with Gasteiger partial charge in [-0.3, -0.25) is 4.79 Å². The summed E-state index contributed by atoms with van der Waals surface area (Å²) in [6.45, 7) is -0.149. The van der Waals surface area contributed by atoms with Gasteiger partial charge in [0.25, 0.3) is 0 Å². The Morgan fingerprint density at radius 2 is 1.76 bits per heavy atom. The van der Waals surface area contributed by atoms with E-state index in [1.54, 1.807) is 0 Å². The van der Waals surface area contributed by atoms with Crippen LogP contribution >= 0.6 is 0 Å². The molecular formula is C7H17N3O5S2.